The Bertz CT molecular complexity index is 546. The molecule has 0 fully saturated rings. The molecule has 18 heavy (non-hydrogen) atoms. The molecule has 0 radical (unpaired) electrons. The Hall–Kier alpha value is -1.07. The molecule has 1 heterocycles. The minimum absolute atomic E-state index is 0.783. The molecule has 0 saturated heterocycles. The lowest BCUT2D eigenvalue weighted by molar-refractivity contribution is 0.960. The summed E-state index contributed by atoms with van der Waals surface area (Å²) in [5.74, 6) is 1.66. The number of aromatic nitrogens is 2. The van der Waals surface area contributed by atoms with Gasteiger partial charge in [0.2, 0.25) is 0 Å². The molecule has 0 aliphatic heterocycles. The molecule has 5 heteroatoms. The number of hydrogen-bond acceptors (Lipinski definition) is 4. The van der Waals surface area contributed by atoms with Crippen molar-refractivity contribution in [1.29, 1.82) is 0 Å². The quantitative estimate of drug-likeness (QED) is 0.858. The van der Waals surface area contributed by atoms with E-state index in [1.54, 1.807) is 11.8 Å². The molecule has 94 valence electrons. The summed E-state index contributed by atoms with van der Waals surface area (Å²) in [6.07, 6.45) is 0. The maximum absolute atomic E-state index is 4.44. The minimum atomic E-state index is 0.783. The number of rotatable bonds is 4. The lowest BCUT2D eigenvalue weighted by Crippen LogP contribution is -2.02. The number of nitrogens with zero attached hydrogens (tertiary/aromatic N) is 2. The van der Waals surface area contributed by atoms with Gasteiger partial charge in [0.25, 0.3) is 0 Å². The van der Waals surface area contributed by atoms with Crippen molar-refractivity contribution in [3.8, 4) is 0 Å². The molecule has 0 unspecified atom stereocenters. The van der Waals surface area contributed by atoms with Gasteiger partial charge in [0.05, 0.1) is 0 Å². The van der Waals surface area contributed by atoms with Crippen molar-refractivity contribution in [3.05, 3.63) is 40.6 Å². The molecule has 0 spiro atoms. The highest BCUT2D eigenvalue weighted by Crippen LogP contribution is 2.29. The summed E-state index contributed by atoms with van der Waals surface area (Å²) in [5.41, 5.74) is 0. The Morgan fingerprint density at radius 2 is 2.11 bits per heavy atom. The van der Waals surface area contributed by atoms with Crippen molar-refractivity contribution < 1.29 is 0 Å². The van der Waals surface area contributed by atoms with E-state index in [4.69, 9.17) is 0 Å². The third kappa shape index (κ3) is 3.71. The van der Waals surface area contributed by atoms with Crippen LogP contribution in [-0.2, 0) is 0 Å². The van der Waals surface area contributed by atoms with Crippen molar-refractivity contribution >= 4 is 33.5 Å². The molecule has 1 aromatic carbocycles. The molecular weight excluding hydrogens is 310 g/mol. The SMILES string of the molecule is CCNc1cc(Sc2cccc(Br)c2)nc(C)n1. The van der Waals surface area contributed by atoms with Crippen molar-refractivity contribution in [2.24, 2.45) is 0 Å². The van der Waals surface area contributed by atoms with Crippen LogP contribution in [-0.4, -0.2) is 16.5 Å². The zero-order valence-electron chi connectivity index (χ0n) is 10.3. The number of benzene rings is 1. The van der Waals surface area contributed by atoms with Crippen LogP contribution in [0.2, 0.25) is 0 Å². The van der Waals surface area contributed by atoms with Crippen LogP contribution in [0.25, 0.3) is 0 Å². The van der Waals surface area contributed by atoms with E-state index in [0.717, 1.165) is 32.6 Å². The summed E-state index contributed by atoms with van der Waals surface area (Å²) >= 11 is 5.11. The average Bonchev–Trinajstić information content (AvgIpc) is 2.28. The average molecular weight is 324 g/mol. The van der Waals surface area contributed by atoms with Gasteiger partial charge in [-0.3, -0.25) is 0 Å². The van der Waals surface area contributed by atoms with Crippen LogP contribution < -0.4 is 5.32 Å². The Kier molecular flexibility index (Phi) is 4.60. The standard InChI is InChI=1S/C13H14BrN3S/c1-3-15-12-8-13(17-9(2)16-12)18-11-6-4-5-10(14)7-11/h4-8H,3H2,1-2H3,(H,15,16,17). The molecular formula is C13H14BrN3S. The van der Waals surface area contributed by atoms with E-state index >= 15 is 0 Å². The predicted octanol–water partition coefficient (Wildman–Crippen LogP) is 4.13. The van der Waals surface area contributed by atoms with E-state index in [2.05, 4.69) is 50.3 Å². The number of hydrogen-bond donors (Lipinski definition) is 1. The molecule has 1 aromatic heterocycles. The van der Waals surface area contributed by atoms with Crippen LogP contribution in [0.1, 0.15) is 12.7 Å². The monoisotopic (exact) mass is 323 g/mol. The van der Waals surface area contributed by atoms with Crippen molar-refractivity contribution in [2.45, 2.75) is 23.8 Å². The second kappa shape index (κ2) is 6.20. The van der Waals surface area contributed by atoms with Crippen molar-refractivity contribution in [2.75, 3.05) is 11.9 Å². The van der Waals surface area contributed by atoms with Gasteiger partial charge in [0.1, 0.15) is 16.7 Å². The van der Waals surface area contributed by atoms with Gasteiger partial charge in [-0.15, -0.1) is 0 Å². The molecule has 0 aliphatic carbocycles. The predicted molar refractivity (Wildman–Crippen MR) is 79.2 cm³/mol. The van der Waals surface area contributed by atoms with Crippen LogP contribution >= 0.6 is 27.7 Å². The van der Waals surface area contributed by atoms with Gasteiger partial charge in [0.15, 0.2) is 0 Å². The smallest absolute Gasteiger partial charge is 0.130 e. The molecule has 0 saturated carbocycles. The van der Waals surface area contributed by atoms with E-state index in [9.17, 15) is 0 Å². The van der Waals surface area contributed by atoms with E-state index < -0.39 is 0 Å². The fourth-order valence-corrected chi connectivity index (χ4v) is 2.99. The molecule has 2 rings (SSSR count). The first-order chi connectivity index (χ1) is 8.67. The van der Waals surface area contributed by atoms with E-state index in [1.807, 2.05) is 25.1 Å². The van der Waals surface area contributed by atoms with Crippen LogP contribution in [0.15, 0.2) is 44.7 Å². The largest absolute Gasteiger partial charge is 0.370 e. The second-order valence-electron chi connectivity index (χ2n) is 3.73. The van der Waals surface area contributed by atoms with Gasteiger partial charge >= 0.3 is 0 Å². The first kappa shape index (κ1) is 13.4. The molecule has 1 N–H and O–H groups in total. The molecule has 2 aromatic rings. The van der Waals surface area contributed by atoms with Gasteiger partial charge in [0, 0.05) is 22.0 Å². The maximum atomic E-state index is 4.44. The van der Waals surface area contributed by atoms with Gasteiger partial charge in [-0.1, -0.05) is 33.8 Å². The van der Waals surface area contributed by atoms with E-state index in [0.29, 0.717) is 0 Å². The summed E-state index contributed by atoms with van der Waals surface area (Å²) < 4.78 is 1.07. The van der Waals surface area contributed by atoms with Crippen LogP contribution in [0.5, 0.6) is 0 Å². The van der Waals surface area contributed by atoms with Crippen LogP contribution in [0, 0.1) is 6.92 Å². The molecule has 0 bridgehead atoms. The summed E-state index contributed by atoms with van der Waals surface area (Å²) in [6, 6.07) is 10.2. The van der Waals surface area contributed by atoms with E-state index in [1.165, 1.54) is 0 Å². The third-order valence-corrected chi connectivity index (χ3v) is 3.59. The highest BCUT2D eigenvalue weighted by Gasteiger charge is 2.04. The molecule has 0 aliphatic rings. The van der Waals surface area contributed by atoms with Gasteiger partial charge in [-0.25, -0.2) is 9.97 Å². The normalized spacial score (nSPS) is 10.4. The van der Waals surface area contributed by atoms with Gasteiger partial charge in [-0.05, 0) is 32.0 Å². The number of nitrogens with one attached hydrogen (secondary N) is 1. The molecule has 0 amide bonds. The van der Waals surface area contributed by atoms with Crippen molar-refractivity contribution in [3.63, 3.8) is 0 Å². The first-order valence-electron chi connectivity index (χ1n) is 5.70. The summed E-state index contributed by atoms with van der Waals surface area (Å²) in [5, 5.41) is 4.17. The van der Waals surface area contributed by atoms with Crippen molar-refractivity contribution in [1.82, 2.24) is 9.97 Å². The summed E-state index contributed by atoms with van der Waals surface area (Å²) in [4.78, 5) is 9.93. The zero-order chi connectivity index (χ0) is 13.0. The second-order valence-corrected chi connectivity index (χ2v) is 5.74. The van der Waals surface area contributed by atoms with Gasteiger partial charge in [-0.2, -0.15) is 0 Å². The van der Waals surface area contributed by atoms with Gasteiger partial charge < -0.3 is 5.32 Å². The summed E-state index contributed by atoms with van der Waals surface area (Å²) in [7, 11) is 0. The Labute approximate surface area is 120 Å². The van der Waals surface area contributed by atoms with Crippen LogP contribution in [0.4, 0.5) is 5.82 Å². The summed E-state index contributed by atoms with van der Waals surface area (Å²) in [6.45, 7) is 4.82. The Morgan fingerprint density at radius 1 is 1.28 bits per heavy atom. The molecule has 0 atom stereocenters. The highest BCUT2D eigenvalue weighted by atomic mass is 79.9. The van der Waals surface area contributed by atoms with Crippen LogP contribution in [0.3, 0.4) is 0 Å². The third-order valence-electron chi connectivity index (χ3n) is 2.19. The zero-order valence-corrected chi connectivity index (χ0v) is 12.7. The molecule has 3 nitrogen and oxygen atoms in total. The maximum Gasteiger partial charge on any atom is 0.130 e. The Balaban J connectivity index is 2.23. The fourth-order valence-electron chi connectivity index (χ4n) is 1.52. The lowest BCUT2D eigenvalue weighted by Gasteiger charge is -2.06. The number of anilines is 1. The fraction of sp³-hybridized carbons (Fsp3) is 0.231. The lowest BCUT2D eigenvalue weighted by atomic mass is 10.4. The minimum Gasteiger partial charge on any atom is -0.370 e. The Morgan fingerprint density at radius 3 is 2.83 bits per heavy atom. The number of halogens is 1. The topological polar surface area (TPSA) is 37.8 Å². The highest BCUT2D eigenvalue weighted by molar-refractivity contribution is 9.10. The number of aryl methyl sites for hydroxylation is 1. The van der Waals surface area contributed by atoms with E-state index in [-0.39, 0.29) is 0 Å². The first-order valence-corrected chi connectivity index (χ1v) is 7.31.